The molecule has 1 aliphatic rings. The maximum Gasteiger partial charge on any atom is 0.303 e. The Morgan fingerprint density at radius 2 is 1.79 bits per heavy atom. The molecule has 0 radical (unpaired) electrons. The number of carbonyl (C=O) groups is 3. The Kier molecular flexibility index (Phi) is 6.46. The van der Waals surface area contributed by atoms with Crippen LogP contribution in [0.4, 0.5) is 5.00 Å². The highest BCUT2D eigenvalue weighted by Crippen LogP contribution is 2.38. The number of aliphatic carboxylic acids is 1. The Bertz CT molecular complexity index is 887. The second kappa shape index (κ2) is 9.01. The lowest BCUT2D eigenvalue weighted by Gasteiger charge is -2.13. The summed E-state index contributed by atoms with van der Waals surface area (Å²) in [5, 5.41) is 15.0. The number of hydrogen-bond donors (Lipinski definition) is 3. The van der Waals surface area contributed by atoms with Crippen molar-refractivity contribution in [2.24, 2.45) is 0 Å². The van der Waals surface area contributed by atoms with Gasteiger partial charge in [-0.3, -0.25) is 14.4 Å². The predicted molar refractivity (Wildman–Crippen MR) is 109 cm³/mol. The predicted octanol–water partition coefficient (Wildman–Crippen LogP) is 3.67. The van der Waals surface area contributed by atoms with Crippen molar-refractivity contribution < 1.29 is 19.5 Å². The van der Waals surface area contributed by atoms with Gasteiger partial charge >= 0.3 is 5.97 Å². The van der Waals surface area contributed by atoms with E-state index in [1.807, 2.05) is 31.2 Å². The highest BCUT2D eigenvalue weighted by molar-refractivity contribution is 7.17. The summed E-state index contributed by atoms with van der Waals surface area (Å²) in [6.45, 7) is 2.43. The van der Waals surface area contributed by atoms with E-state index in [0.717, 1.165) is 47.3 Å². The average molecular weight is 401 g/mol. The monoisotopic (exact) mass is 400 g/mol. The highest BCUT2D eigenvalue weighted by Gasteiger charge is 2.26. The third-order valence-electron chi connectivity index (χ3n) is 4.79. The molecule has 0 saturated carbocycles. The van der Waals surface area contributed by atoms with E-state index in [1.54, 1.807) is 0 Å². The maximum atomic E-state index is 12.9. The van der Waals surface area contributed by atoms with E-state index in [-0.39, 0.29) is 24.7 Å². The number of fused-ring (bicyclic) bond motifs is 1. The Morgan fingerprint density at radius 1 is 1.07 bits per heavy atom. The molecule has 28 heavy (non-hydrogen) atoms. The summed E-state index contributed by atoms with van der Waals surface area (Å²) < 4.78 is 0. The van der Waals surface area contributed by atoms with Crippen LogP contribution in [0.1, 0.15) is 57.6 Å². The van der Waals surface area contributed by atoms with Crippen LogP contribution in [0.3, 0.4) is 0 Å². The molecule has 1 heterocycles. The molecule has 0 bridgehead atoms. The van der Waals surface area contributed by atoms with Crippen molar-refractivity contribution in [3.05, 3.63) is 51.4 Å². The lowest BCUT2D eigenvalue weighted by Crippen LogP contribution is -2.25. The molecule has 2 aromatic rings. The first-order valence-corrected chi connectivity index (χ1v) is 10.3. The molecule has 148 valence electrons. The molecule has 0 saturated heterocycles. The van der Waals surface area contributed by atoms with Crippen molar-refractivity contribution in [1.82, 2.24) is 5.32 Å². The third kappa shape index (κ3) is 4.98. The van der Waals surface area contributed by atoms with E-state index in [4.69, 9.17) is 5.11 Å². The van der Waals surface area contributed by atoms with Crippen LogP contribution in [0.2, 0.25) is 0 Å². The van der Waals surface area contributed by atoms with E-state index in [1.165, 1.54) is 11.3 Å². The normalized spacial score (nSPS) is 12.9. The number of carbonyl (C=O) groups excluding carboxylic acids is 2. The van der Waals surface area contributed by atoms with E-state index in [0.29, 0.717) is 17.1 Å². The van der Waals surface area contributed by atoms with Crippen LogP contribution in [0.5, 0.6) is 0 Å². The zero-order chi connectivity index (χ0) is 20.1. The zero-order valence-corrected chi connectivity index (χ0v) is 16.7. The largest absolute Gasteiger partial charge is 0.481 e. The Balaban J connectivity index is 1.76. The molecular weight excluding hydrogens is 376 g/mol. The van der Waals surface area contributed by atoms with E-state index < -0.39 is 5.97 Å². The van der Waals surface area contributed by atoms with Gasteiger partial charge in [0.15, 0.2) is 0 Å². The van der Waals surface area contributed by atoms with Gasteiger partial charge in [-0.1, -0.05) is 29.8 Å². The van der Waals surface area contributed by atoms with Crippen LogP contribution in [0.15, 0.2) is 24.3 Å². The van der Waals surface area contributed by atoms with Crippen LogP contribution in [-0.4, -0.2) is 22.9 Å². The molecule has 1 aromatic carbocycles. The number of hydrogen-bond acceptors (Lipinski definition) is 4. The van der Waals surface area contributed by atoms with Crippen LogP contribution in [-0.2, 0) is 29.0 Å². The highest BCUT2D eigenvalue weighted by atomic mass is 32.1. The van der Waals surface area contributed by atoms with Gasteiger partial charge in [-0.15, -0.1) is 11.3 Å². The topological polar surface area (TPSA) is 95.5 Å². The van der Waals surface area contributed by atoms with Crippen molar-refractivity contribution >= 4 is 34.1 Å². The van der Waals surface area contributed by atoms with Gasteiger partial charge in [0.1, 0.15) is 5.00 Å². The van der Waals surface area contributed by atoms with Gasteiger partial charge < -0.3 is 15.7 Å². The SMILES string of the molecule is Cc1ccc(CNC(=O)c2c(NC(=O)CCC(=O)O)sc3c2CCCC3)cc1. The molecule has 3 rings (SSSR count). The molecule has 3 N–H and O–H groups in total. The second-order valence-corrected chi connectivity index (χ2v) is 8.13. The fraction of sp³-hybridized carbons (Fsp3) is 0.381. The molecule has 2 amide bonds. The molecule has 0 aliphatic heterocycles. The van der Waals surface area contributed by atoms with Crippen molar-refractivity contribution in [1.29, 1.82) is 0 Å². The van der Waals surface area contributed by atoms with Crippen molar-refractivity contribution in [3.63, 3.8) is 0 Å². The summed E-state index contributed by atoms with van der Waals surface area (Å²) in [5.41, 5.74) is 3.73. The number of nitrogens with one attached hydrogen (secondary N) is 2. The standard InChI is InChI=1S/C21H24N2O4S/c1-13-6-8-14(9-7-13)12-22-20(27)19-15-4-2-3-5-16(15)28-21(19)23-17(24)10-11-18(25)26/h6-9H,2-5,10-12H2,1H3,(H,22,27)(H,23,24)(H,25,26). The first-order valence-electron chi connectivity index (χ1n) is 9.44. The molecule has 0 spiro atoms. The number of anilines is 1. The molecule has 0 unspecified atom stereocenters. The summed E-state index contributed by atoms with van der Waals surface area (Å²) in [7, 11) is 0. The second-order valence-electron chi connectivity index (χ2n) is 7.03. The van der Waals surface area contributed by atoms with Crippen molar-refractivity contribution in [2.75, 3.05) is 5.32 Å². The van der Waals surface area contributed by atoms with Crippen LogP contribution < -0.4 is 10.6 Å². The summed E-state index contributed by atoms with van der Waals surface area (Å²) in [4.78, 5) is 36.9. The Hall–Kier alpha value is -2.67. The fourth-order valence-corrected chi connectivity index (χ4v) is 4.58. The number of amides is 2. The number of benzene rings is 1. The first kappa shape index (κ1) is 20.1. The lowest BCUT2D eigenvalue weighted by molar-refractivity contribution is -0.138. The van der Waals surface area contributed by atoms with Gasteiger partial charge in [0, 0.05) is 17.8 Å². The molecule has 6 nitrogen and oxygen atoms in total. The number of rotatable bonds is 7. The zero-order valence-electron chi connectivity index (χ0n) is 15.8. The molecule has 0 fully saturated rings. The number of carboxylic acids is 1. The Labute approximate surface area is 168 Å². The number of carboxylic acid groups (broad SMARTS) is 1. The molecular formula is C21H24N2O4S. The molecule has 7 heteroatoms. The van der Waals surface area contributed by atoms with Crippen LogP contribution >= 0.6 is 11.3 Å². The van der Waals surface area contributed by atoms with Gasteiger partial charge in [-0.2, -0.15) is 0 Å². The van der Waals surface area contributed by atoms with Crippen LogP contribution in [0.25, 0.3) is 0 Å². The van der Waals surface area contributed by atoms with Gasteiger partial charge in [0.2, 0.25) is 5.91 Å². The van der Waals surface area contributed by atoms with Gasteiger partial charge in [-0.25, -0.2) is 0 Å². The summed E-state index contributed by atoms with van der Waals surface area (Å²) in [6.07, 6.45) is 3.49. The summed E-state index contributed by atoms with van der Waals surface area (Å²) in [5.74, 6) is -1.60. The smallest absolute Gasteiger partial charge is 0.303 e. The lowest BCUT2D eigenvalue weighted by atomic mass is 9.95. The van der Waals surface area contributed by atoms with E-state index >= 15 is 0 Å². The van der Waals surface area contributed by atoms with Crippen molar-refractivity contribution in [2.45, 2.75) is 52.0 Å². The van der Waals surface area contributed by atoms with Crippen molar-refractivity contribution in [3.8, 4) is 0 Å². The minimum Gasteiger partial charge on any atom is -0.481 e. The fourth-order valence-electron chi connectivity index (χ4n) is 3.28. The average Bonchev–Trinajstić information content (AvgIpc) is 3.03. The summed E-state index contributed by atoms with van der Waals surface area (Å²) >= 11 is 1.44. The van der Waals surface area contributed by atoms with Gasteiger partial charge in [-0.05, 0) is 43.7 Å². The molecule has 1 aliphatic carbocycles. The number of thiophene rings is 1. The maximum absolute atomic E-state index is 12.9. The Morgan fingerprint density at radius 3 is 2.50 bits per heavy atom. The molecule has 0 atom stereocenters. The molecule has 1 aromatic heterocycles. The quantitative estimate of drug-likeness (QED) is 0.661. The van der Waals surface area contributed by atoms with E-state index in [2.05, 4.69) is 10.6 Å². The third-order valence-corrected chi connectivity index (χ3v) is 6.00. The first-order chi connectivity index (χ1) is 13.4. The van der Waals surface area contributed by atoms with Crippen LogP contribution in [0, 0.1) is 6.92 Å². The summed E-state index contributed by atoms with van der Waals surface area (Å²) in [6, 6.07) is 7.96. The minimum atomic E-state index is -1.02. The minimum absolute atomic E-state index is 0.109. The van der Waals surface area contributed by atoms with Gasteiger partial charge in [0.25, 0.3) is 5.91 Å². The number of aryl methyl sites for hydroxylation is 2. The van der Waals surface area contributed by atoms with Gasteiger partial charge in [0.05, 0.1) is 12.0 Å². The van der Waals surface area contributed by atoms with E-state index in [9.17, 15) is 14.4 Å².